The number of benzene rings is 2. The van der Waals surface area contributed by atoms with Gasteiger partial charge in [-0.25, -0.2) is 4.98 Å². The zero-order valence-corrected chi connectivity index (χ0v) is 26.2. The highest BCUT2D eigenvalue weighted by Gasteiger charge is 2.37. The number of nitrogens with zero attached hydrogens (tertiary/aromatic N) is 3. The standard InChI is InChI=1S/C31H35F3N5O5P/c1-4-44-45(42)14-13-18-5-11-24(26(15-18)43-3)36-28-23(31(32,33)34)16-35-30(38-28)37-25-12-10-21(19-6-8-20(40)9-7-19)22-17-39(2)29(41)27(22)25/h5,10-12,15-16,19-20,40H,4,6-9,13-14,17H2,1-3H3,(H-,35,36,37,38,41)/p+1. The summed E-state index contributed by atoms with van der Waals surface area (Å²) >= 11 is 0. The van der Waals surface area contributed by atoms with Gasteiger partial charge < -0.3 is 25.4 Å². The van der Waals surface area contributed by atoms with Gasteiger partial charge in [-0.05, 0) is 78.0 Å². The number of hydrogen-bond acceptors (Lipinski definition) is 9. The number of hydrogen-bond donors (Lipinski definition) is 3. The van der Waals surface area contributed by atoms with Crippen LogP contribution in [0.15, 0.2) is 36.5 Å². The largest absolute Gasteiger partial charge is 0.508 e. The first-order valence-corrected chi connectivity index (χ1v) is 16.2. The second-order valence-electron chi connectivity index (χ2n) is 11.2. The Hall–Kier alpha value is -3.80. The van der Waals surface area contributed by atoms with Gasteiger partial charge >= 0.3 is 14.2 Å². The van der Waals surface area contributed by atoms with Crippen molar-refractivity contribution in [2.45, 2.75) is 63.8 Å². The van der Waals surface area contributed by atoms with E-state index in [1.165, 1.54) is 7.11 Å². The molecule has 1 fully saturated rings. The van der Waals surface area contributed by atoms with E-state index in [1.54, 1.807) is 43.1 Å². The molecule has 3 N–H and O–H groups in total. The summed E-state index contributed by atoms with van der Waals surface area (Å²) in [6.45, 7) is 2.51. The van der Waals surface area contributed by atoms with E-state index in [0.29, 0.717) is 56.0 Å². The molecule has 1 unspecified atom stereocenters. The zero-order chi connectivity index (χ0) is 32.3. The van der Waals surface area contributed by atoms with Crippen LogP contribution < -0.4 is 15.4 Å². The van der Waals surface area contributed by atoms with Crippen LogP contribution in [0.4, 0.5) is 36.3 Å². The van der Waals surface area contributed by atoms with Crippen LogP contribution in [0, 0.1) is 0 Å². The maximum Gasteiger partial charge on any atom is 0.508 e. The SMILES string of the molecule is CCO[P+](=O)CCc1ccc(Nc2nc(Nc3ccc(C4CCC(O)CC4)c4c3C(=O)N(C)C4)ncc2C(F)(F)F)c(OC)c1. The number of aryl methyl sites for hydroxylation is 1. The van der Waals surface area contributed by atoms with Crippen molar-refractivity contribution in [2.75, 3.05) is 37.6 Å². The van der Waals surface area contributed by atoms with Gasteiger partial charge in [-0.15, -0.1) is 4.52 Å². The molecule has 3 aromatic rings. The minimum atomic E-state index is -4.76. The second kappa shape index (κ2) is 13.7. The van der Waals surface area contributed by atoms with Crippen molar-refractivity contribution in [3.63, 3.8) is 0 Å². The highest BCUT2D eigenvalue weighted by molar-refractivity contribution is 7.39. The summed E-state index contributed by atoms with van der Waals surface area (Å²) in [6.07, 6.45) is -0.629. The quantitative estimate of drug-likeness (QED) is 0.191. The van der Waals surface area contributed by atoms with Crippen molar-refractivity contribution in [1.29, 1.82) is 0 Å². The van der Waals surface area contributed by atoms with E-state index < -0.39 is 25.6 Å². The number of carbonyl (C=O) groups excluding carboxylic acids is 1. The Bertz CT molecular complexity index is 1580. The van der Waals surface area contributed by atoms with Crippen LogP contribution in [0.3, 0.4) is 0 Å². The monoisotopic (exact) mass is 646 g/mol. The van der Waals surface area contributed by atoms with E-state index >= 15 is 0 Å². The topological polar surface area (TPSA) is 126 Å². The molecule has 240 valence electrons. The number of anilines is 4. The lowest BCUT2D eigenvalue weighted by Crippen LogP contribution is -2.18. The molecule has 1 saturated carbocycles. The van der Waals surface area contributed by atoms with Gasteiger partial charge in [-0.1, -0.05) is 12.1 Å². The van der Waals surface area contributed by atoms with Gasteiger partial charge in [0, 0.05) is 26.2 Å². The molecule has 0 spiro atoms. The molecule has 0 saturated heterocycles. The molecule has 5 rings (SSSR count). The average molecular weight is 647 g/mol. The molecule has 45 heavy (non-hydrogen) atoms. The van der Waals surface area contributed by atoms with Crippen LogP contribution in [0.25, 0.3) is 0 Å². The number of rotatable bonds is 11. The molecule has 10 nitrogen and oxygen atoms in total. The Morgan fingerprint density at radius 2 is 1.84 bits per heavy atom. The number of aliphatic hydroxyl groups excluding tert-OH is 1. The summed E-state index contributed by atoms with van der Waals surface area (Å²) in [7, 11) is 1.29. The molecule has 2 heterocycles. The van der Waals surface area contributed by atoms with E-state index in [9.17, 15) is 27.6 Å². The summed E-state index contributed by atoms with van der Waals surface area (Å²) in [5, 5.41) is 15.7. The van der Waals surface area contributed by atoms with E-state index in [0.717, 1.165) is 29.5 Å². The second-order valence-corrected chi connectivity index (χ2v) is 12.6. The molecule has 0 radical (unpaired) electrons. The number of alkyl halides is 3. The van der Waals surface area contributed by atoms with Crippen molar-refractivity contribution in [1.82, 2.24) is 14.9 Å². The van der Waals surface area contributed by atoms with E-state index in [-0.39, 0.29) is 35.3 Å². The summed E-state index contributed by atoms with van der Waals surface area (Å²) in [5.74, 6) is -0.340. The molecule has 1 atom stereocenters. The molecule has 1 aliphatic carbocycles. The minimum Gasteiger partial charge on any atom is -0.495 e. The fourth-order valence-corrected chi connectivity index (χ4v) is 6.73. The van der Waals surface area contributed by atoms with Gasteiger partial charge in [0.2, 0.25) is 5.95 Å². The van der Waals surface area contributed by atoms with Crippen molar-refractivity contribution < 1.29 is 36.9 Å². The smallest absolute Gasteiger partial charge is 0.495 e. The summed E-state index contributed by atoms with van der Waals surface area (Å²) in [6, 6.07) is 8.61. The highest BCUT2D eigenvalue weighted by Crippen LogP contribution is 2.42. The van der Waals surface area contributed by atoms with Crippen molar-refractivity contribution in [3.05, 3.63) is 64.3 Å². The molecular formula is C31H36F3N5O5P+. The third kappa shape index (κ3) is 7.37. The molecule has 1 aromatic heterocycles. The van der Waals surface area contributed by atoms with E-state index in [2.05, 4.69) is 20.6 Å². The fourth-order valence-electron chi connectivity index (χ4n) is 5.87. The first-order valence-electron chi connectivity index (χ1n) is 14.8. The summed E-state index contributed by atoms with van der Waals surface area (Å²) in [5.41, 5.74) is 2.71. The third-order valence-corrected chi connectivity index (χ3v) is 9.29. The van der Waals surface area contributed by atoms with Gasteiger partial charge in [-0.2, -0.15) is 18.2 Å². The lowest BCUT2D eigenvalue weighted by atomic mass is 9.80. The molecule has 1 amide bonds. The first kappa shape index (κ1) is 32.6. The lowest BCUT2D eigenvalue weighted by Gasteiger charge is -2.27. The maximum atomic E-state index is 14.0. The van der Waals surface area contributed by atoms with Gasteiger partial charge in [0.25, 0.3) is 5.91 Å². The Morgan fingerprint density at radius 3 is 2.53 bits per heavy atom. The first-order chi connectivity index (χ1) is 21.5. The molecule has 14 heteroatoms. The molecule has 2 aromatic carbocycles. The Labute approximate surface area is 260 Å². The number of methoxy groups -OCH3 is 1. The Morgan fingerprint density at radius 1 is 1.11 bits per heavy atom. The number of nitrogens with one attached hydrogen (secondary N) is 2. The fraction of sp³-hybridized carbons (Fsp3) is 0.452. The van der Waals surface area contributed by atoms with Gasteiger partial charge in [0.15, 0.2) is 6.16 Å². The van der Waals surface area contributed by atoms with Crippen molar-refractivity contribution in [2.24, 2.45) is 0 Å². The van der Waals surface area contributed by atoms with E-state index in [1.807, 2.05) is 6.07 Å². The number of fused-ring (bicyclic) bond motifs is 1. The normalized spacial score (nSPS) is 18.5. The third-order valence-electron chi connectivity index (χ3n) is 8.16. The van der Waals surface area contributed by atoms with Gasteiger partial charge in [0.05, 0.1) is 36.8 Å². The Kier molecular flexibility index (Phi) is 9.91. The predicted octanol–water partition coefficient (Wildman–Crippen LogP) is 6.92. The van der Waals surface area contributed by atoms with E-state index in [4.69, 9.17) is 9.26 Å². The molecule has 1 aliphatic heterocycles. The molecular weight excluding hydrogens is 610 g/mol. The average Bonchev–Trinajstić information content (AvgIpc) is 3.31. The Balaban J connectivity index is 1.44. The van der Waals surface area contributed by atoms with Crippen LogP contribution in [0.5, 0.6) is 5.75 Å². The number of amides is 1. The van der Waals surface area contributed by atoms with Crippen LogP contribution >= 0.6 is 8.03 Å². The van der Waals surface area contributed by atoms with Crippen molar-refractivity contribution in [3.8, 4) is 5.75 Å². The lowest BCUT2D eigenvalue weighted by molar-refractivity contribution is -0.137. The number of aromatic nitrogens is 2. The number of aliphatic hydroxyl groups is 1. The molecule has 0 bridgehead atoms. The predicted molar refractivity (Wildman–Crippen MR) is 164 cm³/mol. The van der Waals surface area contributed by atoms with Crippen LogP contribution in [-0.2, 0) is 28.2 Å². The number of halogens is 3. The van der Waals surface area contributed by atoms with Crippen LogP contribution in [0.1, 0.15) is 71.1 Å². The minimum absolute atomic E-state index is 0.126. The van der Waals surface area contributed by atoms with Crippen molar-refractivity contribution >= 4 is 37.1 Å². The molecule has 2 aliphatic rings. The van der Waals surface area contributed by atoms with Crippen LogP contribution in [-0.4, -0.2) is 58.9 Å². The summed E-state index contributed by atoms with van der Waals surface area (Å²) < 4.78 is 64.6. The van der Waals surface area contributed by atoms with Crippen LogP contribution in [0.2, 0.25) is 0 Å². The number of ether oxygens (including phenoxy) is 1. The van der Waals surface area contributed by atoms with Gasteiger partial charge in [-0.3, -0.25) is 4.79 Å². The number of carbonyl (C=O) groups is 1. The van der Waals surface area contributed by atoms with Gasteiger partial charge in [0.1, 0.15) is 17.1 Å². The highest BCUT2D eigenvalue weighted by atomic mass is 31.1. The zero-order valence-electron chi connectivity index (χ0n) is 25.3. The maximum absolute atomic E-state index is 14.0. The summed E-state index contributed by atoms with van der Waals surface area (Å²) in [4.78, 5) is 22.9.